The summed E-state index contributed by atoms with van der Waals surface area (Å²) in [6, 6.07) is 9.66. The normalized spacial score (nSPS) is 18.1. The number of para-hydroxylation sites is 1. The standard InChI is InChI=1S/C19H23F3N4O/c1-24(11-15-10-23-26(12-15)17-7-3-2-4-8-17)14-18(27)25-9-5-6-16(13-25)19(20,21)22/h2-4,7-8,10,12,16H,5-6,9,11,13-14H2,1H3. The zero-order valence-corrected chi connectivity index (χ0v) is 15.2. The van der Waals surface area contributed by atoms with Crippen LogP contribution in [-0.4, -0.2) is 58.3 Å². The number of likely N-dealkylation sites (N-methyl/N-ethyl adjacent to an activating group) is 1. The Balaban J connectivity index is 1.54. The van der Waals surface area contributed by atoms with Crippen LogP contribution in [0.5, 0.6) is 0 Å². The van der Waals surface area contributed by atoms with Gasteiger partial charge in [0.1, 0.15) is 0 Å². The van der Waals surface area contributed by atoms with E-state index >= 15 is 0 Å². The minimum absolute atomic E-state index is 0.0844. The fraction of sp³-hybridized carbons (Fsp3) is 0.474. The first-order valence-corrected chi connectivity index (χ1v) is 8.95. The molecule has 0 N–H and O–H groups in total. The first-order chi connectivity index (χ1) is 12.8. The summed E-state index contributed by atoms with van der Waals surface area (Å²) in [5.74, 6) is -1.67. The maximum atomic E-state index is 12.9. The molecule has 146 valence electrons. The van der Waals surface area contributed by atoms with Crippen molar-refractivity contribution in [1.82, 2.24) is 19.6 Å². The number of benzene rings is 1. The molecule has 0 bridgehead atoms. The Morgan fingerprint density at radius 3 is 2.74 bits per heavy atom. The van der Waals surface area contributed by atoms with E-state index in [-0.39, 0.29) is 25.4 Å². The lowest BCUT2D eigenvalue weighted by Gasteiger charge is -2.34. The highest BCUT2D eigenvalue weighted by atomic mass is 19.4. The Bertz CT molecular complexity index is 760. The van der Waals surface area contributed by atoms with Crippen LogP contribution in [0, 0.1) is 5.92 Å². The Labute approximate surface area is 156 Å². The average Bonchev–Trinajstić information content (AvgIpc) is 3.10. The summed E-state index contributed by atoms with van der Waals surface area (Å²) >= 11 is 0. The maximum absolute atomic E-state index is 12.9. The lowest BCUT2D eigenvalue weighted by Crippen LogP contribution is -2.47. The molecule has 1 unspecified atom stereocenters. The van der Waals surface area contributed by atoms with Crippen molar-refractivity contribution in [3.05, 3.63) is 48.3 Å². The van der Waals surface area contributed by atoms with Crippen molar-refractivity contribution >= 4 is 5.91 Å². The molecule has 27 heavy (non-hydrogen) atoms. The number of hydrogen-bond acceptors (Lipinski definition) is 3. The summed E-state index contributed by atoms with van der Waals surface area (Å²) in [6.07, 6.45) is -0.131. The van der Waals surface area contributed by atoms with E-state index in [0.29, 0.717) is 19.5 Å². The summed E-state index contributed by atoms with van der Waals surface area (Å²) in [5.41, 5.74) is 1.87. The van der Waals surface area contributed by atoms with Crippen LogP contribution >= 0.6 is 0 Å². The van der Waals surface area contributed by atoms with Crippen LogP contribution < -0.4 is 0 Å². The largest absolute Gasteiger partial charge is 0.393 e. The number of piperidine rings is 1. The number of carbonyl (C=O) groups excluding carboxylic acids is 1. The van der Waals surface area contributed by atoms with Crippen molar-refractivity contribution in [1.29, 1.82) is 0 Å². The molecule has 0 aliphatic carbocycles. The number of alkyl halides is 3. The summed E-state index contributed by atoms with van der Waals surface area (Å²) in [7, 11) is 1.78. The van der Waals surface area contributed by atoms with E-state index in [0.717, 1.165) is 11.3 Å². The molecule has 0 spiro atoms. The second-order valence-electron chi connectivity index (χ2n) is 7.02. The van der Waals surface area contributed by atoms with Gasteiger partial charge in [-0.2, -0.15) is 18.3 Å². The summed E-state index contributed by atoms with van der Waals surface area (Å²) in [6.45, 7) is 0.740. The van der Waals surface area contributed by atoms with Gasteiger partial charge in [0.15, 0.2) is 0 Å². The molecular formula is C19H23F3N4O. The van der Waals surface area contributed by atoms with E-state index in [4.69, 9.17) is 0 Å². The van der Waals surface area contributed by atoms with E-state index in [1.54, 1.807) is 22.8 Å². The minimum Gasteiger partial charge on any atom is -0.341 e. The van der Waals surface area contributed by atoms with Crippen LogP contribution in [0.25, 0.3) is 5.69 Å². The predicted octanol–water partition coefficient (Wildman–Crippen LogP) is 3.11. The Morgan fingerprint density at radius 1 is 1.30 bits per heavy atom. The van der Waals surface area contributed by atoms with Gasteiger partial charge in [0.05, 0.1) is 24.3 Å². The monoisotopic (exact) mass is 380 g/mol. The third-order valence-electron chi connectivity index (χ3n) is 4.75. The molecule has 1 aliphatic rings. The van der Waals surface area contributed by atoms with Gasteiger partial charge in [-0.15, -0.1) is 0 Å². The Morgan fingerprint density at radius 2 is 2.04 bits per heavy atom. The molecule has 1 atom stereocenters. The summed E-state index contributed by atoms with van der Waals surface area (Å²) < 4.78 is 40.5. The maximum Gasteiger partial charge on any atom is 0.393 e. The van der Waals surface area contributed by atoms with Gasteiger partial charge in [0.2, 0.25) is 5.91 Å². The van der Waals surface area contributed by atoms with Crippen molar-refractivity contribution < 1.29 is 18.0 Å². The van der Waals surface area contributed by atoms with Crippen LogP contribution in [0.4, 0.5) is 13.2 Å². The number of carbonyl (C=O) groups is 1. The zero-order valence-electron chi connectivity index (χ0n) is 15.2. The van der Waals surface area contributed by atoms with Crippen LogP contribution in [0.3, 0.4) is 0 Å². The van der Waals surface area contributed by atoms with E-state index in [1.807, 2.05) is 36.5 Å². The molecule has 1 amide bonds. The third-order valence-corrected chi connectivity index (χ3v) is 4.75. The van der Waals surface area contributed by atoms with Crippen LogP contribution in [0.1, 0.15) is 18.4 Å². The Hall–Kier alpha value is -2.35. The smallest absolute Gasteiger partial charge is 0.341 e. The summed E-state index contributed by atoms with van der Waals surface area (Å²) in [4.78, 5) is 15.5. The lowest BCUT2D eigenvalue weighted by molar-refractivity contribution is -0.188. The molecule has 8 heteroatoms. The number of halogens is 3. The first-order valence-electron chi connectivity index (χ1n) is 8.95. The fourth-order valence-electron chi connectivity index (χ4n) is 3.33. The highest BCUT2D eigenvalue weighted by Gasteiger charge is 2.42. The molecule has 1 fully saturated rings. The lowest BCUT2D eigenvalue weighted by atomic mass is 9.97. The first kappa shape index (κ1) is 19.4. The van der Waals surface area contributed by atoms with E-state index in [1.165, 1.54) is 4.90 Å². The molecule has 0 saturated carbocycles. The van der Waals surface area contributed by atoms with Crippen molar-refractivity contribution in [3.8, 4) is 5.69 Å². The number of amides is 1. The molecule has 2 heterocycles. The van der Waals surface area contributed by atoms with Gasteiger partial charge < -0.3 is 4.90 Å². The SMILES string of the molecule is CN(CC(=O)N1CCCC(C(F)(F)F)C1)Cc1cnn(-c2ccccc2)c1. The highest BCUT2D eigenvalue weighted by Crippen LogP contribution is 2.33. The van der Waals surface area contributed by atoms with E-state index < -0.39 is 12.1 Å². The second-order valence-corrected chi connectivity index (χ2v) is 7.02. The van der Waals surface area contributed by atoms with Crippen LogP contribution in [0.2, 0.25) is 0 Å². The van der Waals surface area contributed by atoms with Gasteiger partial charge in [-0.1, -0.05) is 18.2 Å². The number of nitrogens with zero attached hydrogens (tertiary/aromatic N) is 4. The topological polar surface area (TPSA) is 41.4 Å². The molecule has 0 radical (unpaired) electrons. The predicted molar refractivity (Wildman–Crippen MR) is 95.3 cm³/mol. The van der Waals surface area contributed by atoms with E-state index in [2.05, 4.69) is 5.10 Å². The fourth-order valence-corrected chi connectivity index (χ4v) is 3.33. The third kappa shape index (κ3) is 5.09. The van der Waals surface area contributed by atoms with Gasteiger partial charge >= 0.3 is 6.18 Å². The van der Waals surface area contributed by atoms with E-state index in [9.17, 15) is 18.0 Å². The highest BCUT2D eigenvalue weighted by molar-refractivity contribution is 5.78. The molecule has 1 aliphatic heterocycles. The molecule has 1 saturated heterocycles. The van der Waals surface area contributed by atoms with Crippen molar-refractivity contribution in [2.45, 2.75) is 25.6 Å². The van der Waals surface area contributed by atoms with Gasteiger partial charge in [0.25, 0.3) is 0 Å². The second kappa shape index (κ2) is 8.12. The Kier molecular flexibility index (Phi) is 5.84. The zero-order chi connectivity index (χ0) is 19.4. The molecule has 5 nitrogen and oxygen atoms in total. The molecular weight excluding hydrogens is 357 g/mol. The van der Waals surface area contributed by atoms with Gasteiger partial charge in [-0.3, -0.25) is 9.69 Å². The summed E-state index contributed by atoms with van der Waals surface area (Å²) in [5, 5.41) is 4.32. The van der Waals surface area contributed by atoms with Crippen LogP contribution in [0.15, 0.2) is 42.7 Å². The number of hydrogen-bond donors (Lipinski definition) is 0. The molecule has 2 aromatic rings. The minimum atomic E-state index is -4.24. The molecule has 1 aromatic carbocycles. The van der Waals surface area contributed by atoms with Gasteiger partial charge in [-0.25, -0.2) is 4.68 Å². The van der Waals surface area contributed by atoms with Crippen LogP contribution in [-0.2, 0) is 11.3 Å². The number of rotatable bonds is 5. The number of likely N-dealkylation sites (tertiary alicyclic amines) is 1. The average molecular weight is 380 g/mol. The van der Waals surface area contributed by atoms with Crippen molar-refractivity contribution in [2.75, 3.05) is 26.7 Å². The number of aromatic nitrogens is 2. The molecule has 1 aromatic heterocycles. The van der Waals surface area contributed by atoms with Crippen molar-refractivity contribution in [2.24, 2.45) is 5.92 Å². The van der Waals surface area contributed by atoms with Gasteiger partial charge in [0, 0.05) is 31.4 Å². The van der Waals surface area contributed by atoms with Crippen molar-refractivity contribution in [3.63, 3.8) is 0 Å². The molecule has 3 rings (SSSR count). The quantitative estimate of drug-likeness (QED) is 0.801. The van der Waals surface area contributed by atoms with Gasteiger partial charge in [-0.05, 0) is 32.0 Å².